The number of piperazine rings is 1. The van der Waals surface area contributed by atoms with E-state index in [-0.39, 0.29) is 0 Å². The van der Waals surface area contributed by atoms with E-state index in [4.69, 9.17) is 0 Å². The first kappa shape index (κ1) is 16.4. The van der Waals surface area contributed by atoms with Gasteiger partial charge in [-0.2, -0.15) is 0 Å². The highest BCUT2D eigenvalue weighted by Gasteiger charge is 2.20. The van der Waals surface area contributed by atoms with Crippen molar-refractivity contribution >= 4 is 28.5 Å². The molecule has 0 aliphatic carbocycles. The molecule has 128 valence electrons. The highest BCUT2D eigenvalue weighted by molar-refractivity contribution is 7.96. The lowest BCUT2D eigenvalue weighted by Crippen LogP contribution is -2.43. The molecule has 0 atom stereocenters. The summed E-state index contributed by atoms with van der Waals surface area (Å²) in [6, 6.07) is 17.0. The average Bonchev–Trinajstić information content (AvgIpc) is 2.68. The van der Waals surface area contributed by atoms with Crippen LogP contribution in [-0.4, -0.2) is 46.9 Å². The molecule has 2 heterocycles. The minimum Gasteiger partial charge on any atom is -0.352 e. The van der Waals surface area contributed by atoms with Crippen LogP contribution in [0.1, 0.15) is 5.56 Å². The van der Waals surface area contributed by atoms with Gasteiger partial charge in [-0.3, -0.25) is 0 Å². The molecule has 3 aromatic rings. The van der Waals surface area contributed by atoms with Gasteiger partial charge in [-0.05, 0) is 13.2 Å². The molecule has 1 aliphatic heterocycles. The monoisotopic (exact) mass is 350 g/mol. The number of rotatable bonds is 3. The molecule has 1 aliphatic rings. The van der Waals surface area contributed by atoms with Gasteiger partial charge < -0.3 is 4.90 Å². The highest BCUT2D eigenvalue weighted by atomic mass is 32.2. The van der Waals surface area contributed by atoms with Gasteiger partial charge in [0.15, 0.2) is 5.82 Å². The number of aryl methyl sites for hydroxylation is 1. The zero-order valence-corrected chi connectivity index (χ0v) is 15.5. The van der Waals surface area contributed by atoms with Crippen molar-refractivity contribution in [2.24, 2.45) is 0 Å². The number of aromatic nitrogens is 2. The maximum absolute atomic E-state index is 4.63. The highest BCUT2D eigenvalue weighted by Crippen LogP contribution is 2.32. The Hall–Kier alpha value is -2.11. The maximum Gasteiger partial charge on any atom is 0.159 e. The molecule has 1 saturated heterocycles. The Morgan fingerprint density at radius 1 is 0.840 bits per heavy atom. The van der Waals surface area contributed by atoms with E-state index in [1.807, 2.05) is 11.9 Å². The van der Waals surface area contributed by atoms with Crippen LogP contribution in [0.4, 0.5) is 5.82 Å². The van der Waals surface area contributed by atoms with Crippen molar-refractivity contribution in [3.8, 4) is 11.3 Å². The fourth-order valence-corrected chi connectivity index (χ4v) is 3.86. The first-order valence-corrected chi connectivity index (χ1v) is 9.81. The summed E-state index contributed by atoms with van der Waals surface area (Å²) in [7, 11) is 0. The fourth-order valence-electron chi connectivity index (χ4n) is 3.33. The van der Waals surface area contributed by atoms with Crippen molar-refractivity contribution in [1.82, 2.24) is 14.5 Å². The van der Waals surface area contributed by atoms with Crippen molar-refractivity contribution in [2.75, 3.05) is 37.3 Å². The van der Waals surface area contributed by atoms with Crippen LogP contribution in [0.5, 0.6) is 0 Å². The zero-order chi connectivity index (χ0) is 17.2. The summed E-state index contributed by atoms with van der Waals surface area (Å²) in [5.74, 6) is 1.01. The Morgan fingerprint density at radius 3 is 2.20 bits per heavy atom. The van der Waals surface area contributed by atoms with Crippen LogP contribution >= 0.6 is 11.9 Å². The number of fused-ring (bicyclic) bond motifs is 1. The lowest BCUT2D eigenvalue weighted by molar-refractivity contribution is 0.429. The summed E-state index contributed by atoms with van der Waals surface area (Å²) in [5.41, 5.74) is 3.33. The van der Waals surface area contributed by atoms with E-state index < -0.39 is 0 Å². The lowest BCUT2D eigenvalue weighted by Gasteiger charge is -2.34. The van der Waals surface area contributed by atoms with Crippen molar-refractivity contribution < 1.29 is 0 Å². The predicted molar refractivity (Wildman–Crippen MR) is 107 cm³/mol. The summed E-state index contributed by atoms with van der Waals surface area (Å²) < 4.78 is 2.40. The second-order valence-corrected chi connectivity index (χ2v) is 7.26. The van der Waals surface area contributed by atoms with Gasteiger partial charge >= 0.3 is 0 Å². The molecule has 0 N–H and O–H groups in total. The van der Waals surface area contributed by atoms with Crippen LogP contribution in [0.2, 0.25) is 0 Å². The van der Waals surface area contributed by atoms with Gasteiger partial charge in [0, 0.05) is 42.5 Å². The second-order valence-electron chi connectivity index (χ2n) is 6.38. The molecule has 4 rings (SSSR count). The van der Waals surface area contributed by atoms with E-state index >= 15 is 0 Å². The predicted octanol–water partition coefficient (Wildman–Crippen LogP) is 4.01. The third-order valence-electron chi connectivity index (χ3n) is 4.79. The third-order valence-corrected chi connectivity index (χ3v) is 5.67. The molecule has 5 heteroatoms. The Morgan fingerprint density at radius 2 is 1.52 bits per heavy atom. The van der Waals surface area contributed by atoms with Crippen LogP contribution in [0.25, 0.3) is 22.0 Å². The quantitative estimate of drug-likeness (QED) is 0.667. The molecule has 25 heavy (non-hydrogen) atoms. The van der Waals surface area contributed by atoms with Crippen LogP contribution in [0, 0.1) is 6.92 Å². The van der Waals surface area contributed by atoms with E-state index in [1.54, 1.807) is 0 Å². The normalized spacial score (nSPS) is 15.7. The Balaban J connectivity index is 1.76. The second kappa shape index (κ2) is 7.02. The summed E-state index contributed by atoms with van der Waals surface area (Å²) in [4.78, 5) is 2.36. The van der Waals surface area contributed by atoms with Crippen molar-refractivity contribution in [3.05, 3.63) is 54.1 Å². The molecule has 0 radical (unpaired) electrons. The standard InChI is InChI=1S/C20H22N4S/c1-15-7-9-16(10-8-15)19-17-5-3-4-6-18(17)20(22-21-19)23-11-13-24(25-2)14-12-23/h3-10H,11-14H2,1-2H3. The SMILES string of the molecule is CSN1CCN(c2nnc(-c3ccc(C)cc3)c3ccccc23)CC1. The third kappa shape index (κ3) is 3.22. The van der Waals surface area contributed by atoms with Crippen molar-refractivity contribution in [1.29, 1.82) is 0 Å². The summed E-state index contributed by atoms with van der Waals surface area (Å²) in [6.07, 6.45) is 2.14. The zero-order valence-electron chi connectivity index (χ0n) is 14.6. The molecule has 0 saturated carbocycles. The minimum atomic E-state index is 0.960. The number of nitrogens with zero attached hydrogens (tertiary/aromatic N) is 4. The maximum atomic E-state index is 4.63. The molecular weight excluding hydrogens is 328 g/mol. The van der Waals surface area contributed by atoms with E-state index in [1.165, 1.54) is 16.3 Å². The van der Waals surface area contributed by atoms with Gasteiger partial charge in [-0.15, -0.1) is 10.2 Å². The first-order chi connectivity index (χ1) is 12.3. The van der Waals surface area contributed by atoms with E-state index in [9.17, 15) is 0 Å². The fraction of sp³-hybridized carbons (Fsp3) is 0.300. The van der Waals surface area contributed by atoms with Crippen molar-refractivity contribution in [3.63, 3.8) is 0 Å². The molecule has 2 aromatic carbocycles. The van der Waals surface area contributed by atoms with E-state index in [0.717, 1.165) is 43.3 Å². The number of anilines is 1. The van der Waals surface area contributed by atoms with E-state index in [0.29, 0.717) is 0 Å². The van der Waals surface area contributed by atoms with Gasteiger partial charge in [0.25, 0.3) is 0 Å². The van der Waals surface area contributed by atoms with Crippen LogP contribution in [0.15, 0.2) is 48.5 Å². The molecular formula is C20H22N4S. The van der Waals surface area contributed by atoms with Gasteiger partial charge in [0.2, 0.25) is 0 Å². The average molecular weight is 350 g/mol. The topological polar surface area (TPSA) is 32.3 Å². The summed E-state index contributed by atoms with van der Waals surface area (Å²) >= 11 is 1.82. The summed E-state index contributed by atoms with van der Waals surface area (Å²) in [6.45, 7) is 6.19. The van der Waals surface area contributed by atoms with Crippen LogP contribution in [0.3, 0.4) is 0 Å². The smallest absolute Gasteiger partial charge is 0.159 e. The van der Waals surface area contributed by atoms with Crippen molar-refractivity contribution in [2.45, 2.75) is 6.92 Å². The van der Waals surface area contributed by atoms with Crippen LogP contribution < -0.4 is 4.90 Å². The molecule has 1 fully saturated rings. The molecule has 1 aromatic heterocycles. The van der Waals surface area contributed by atoms with E-state index in [2.05, 4.69) is 81.1 Å². The molecule has 4 nitrogen and oxygen atoms in total. The Labute approximate surface area is 153 Å². The van der Waals surface area contributed by atoms with Gasteiger partial charge in [-0.25, -0.2) is 4.31 Å². The molecule has 0 bridgehead atoms. The number of benzene rings is 2. The van der Waals surface area contributed by atoms with Gasteiger partial charge in [0.05, 0.1) is 0 Å². The van der Waals surface area contributed by atoms with Gasteiger partial charge in [0.1, 0.15) is 5.69 Å². The lowest BCUT2D eigenvalue weighted by atomic mass is 10.0. The minimum absolute atomic E-state index is 0.960. The van der Waals surface area contributed by atoms with Crippen LogP contribution in [-0.2, 0) is 0 Å². The largest absolute Gasteiger partial charge is 0.352 e. The molecule has 0 amide bonds. The van der Waals surface area contributed by atoms with Gasteiger partial charge in [-0.1, -0.05) is 66.0 Å². The number of hydrogen-bond acceptors (Lipinski definition) is 5. The molecule has 0 spiro atoms. The number of hydrogen-bond donors (Lipinski definition) is 0. The molecule has 0 unspecified atom stereocenters. The Kier molecular flexibility index (Phi) is 4.59. The summed E-state index contributed by atoms with van der Waals surface area (Å²) in [5, 5.41) is 11.6. The Bertz CT molecular complexity index is 871. The first-order valence-electron chi connectivity index (χ1n) is 8.63.